The lowest BCUT2D eigenvalue weighted by molar-refractivity contribution is -0.0833. The van der Waals surface area contributed by atoms with Gasteiger partial charge in [-0.25, -0.2) is 0 Å². The molecule has 0 aromatic rings. The van der Waals surface area contributed by atoms with E-state index in [1.807, 2.05) is 13.8 Å². The van der Waals surface area contributed by atoms with Crippen molar-refractivity contribution in [2.45, 2.75) is 77.3 Å². The topological polar surface area (TPSA) is 47.9 Å². The third-order valence-corrected chi connectivity index (χ3v) is 3.36. The van der Waals surface area contributed by atoms with E-state index >= 15 is 0 Å². The number of rotatable bonds is 9. The third kappa shape index (κ3) is 8.58. The van der Waals surface area contributed by atoms with Gasteiger partial charge in [-0.05, 0) is 33.6 Å². The normalized spacial score (nSPS) is 22.1. The zero-order chi connectivity index (χ0) is 14.1. The summed E-state index contributed by atoms with van der Waals surface area (Å²) in [5, 5.41) is 9.12. The van der Waals surface area contributed by atoms with Gasteiger partial charge in [-0.3, -0.25) is 0 Å². The number of aliphatic hydroxyl groups excluding tert-OH is 1. The fraction of sp³-hybridized carbons (Fsp3) is 1.00. The molecule has 0 amide bonds. The number of hydrogen-bond acceptors (Lipinski definition) is 4. The summed E-state index contributed by atoms with van der Waals surface area (Å²) in [4.78, 5) is 0. The summed E-state index contributed by atoms with van der Waals surface area (Å²) < 4.78 is 17.0. The average molecular weight is 274 g/mol. The molecule has 0 radical (unpaired) electrons. The van der Waals surface area contributed by atoms with Crippen LogP contribution in [0.3, 0.4) is 0 Å². The minimum atomic E-state index is -0.422. The molecule has 0 aromatic carbocycles. The minimum Gasteiger partial charge on any atom is -0.391 e. The van der Waals surface area contributed by atoms with E-state index in [0.29, 0.717) is 25.9 Å². The highest BCUT2D eigenvalue weighted by Crippen LogP contribution is 2.20. The Morgan fingerprint density at radius 3 is 2.11 bits per heavy atom. The molecule has 1 rings (SSSR count). The molecule has 0 bridgehead atoms. The summed E-state index contributed by atoms with van der Waals surface area (Å²) in [5.41, 5.74) is 0. The molecule has 3 unspecified atom stereocenters. The van der Waals surface area contributed by atoms with Gasteiger partial charge >= 0.3 is 0 Å². The van der Waals surface area contributed by atoms with Crippen molar-refractivity contribution in [3.8, 4) is 0 Å². The van der Waals surface area contributed by atoms with Gasteiger partial charge in [-0.1, -0.05) is 19.3 Å². The second-order valence-electron chi connectivity index (χ2n) is 5.73. The molecule has 3 atom stereocenters. The van der Waals surface area contributed by atoms with Crippen LogP contribution in [-0.2, 0) is 14.2 Å². The van der Waals surface area contributed by atoms with E-state index in [4.69, 9.17) is 19.3 Å². The molecule has 4 nitrogen and oxygen atoms in total. The minimum absolute atomic E-state index is 0.00623. The molecule has 1 N–H and O–H groups in total. The van der Waals surface area contributed by atoms with Crippen LogP contribution in [-0.4, -0.2) is 49.3 Å². The molecule has 1 saturated carbocycles. The zero-order valence-corrected chi connectivity index (χ0v) is 12.6. The Bertz CT molecular complexity index is 214. The summed E-state index contributed by atoms with van der Waals surface area (Å²) in [7, 11) is 0. The third-order valence-electron chi connectivity index (χ3n) is 3.36. The first-order valence-corrected chi connectivity index (χ1v) is 7.60. The predicted octanol–water partition coefficient (Wildman–Crippen LogP) is 2.53. The largest absolute Gasteiger partial charge is 0.391 e. The van der Waals surface area contributed by atoms with Crippen molar-refractivity contribution in [2.75, 3.05) is 19.8 Å². The number of aliphatic hydroxyl groups is 1. The van der Waals surface area contributed by atoms with Crippen molar-refractivity contribution in [1.82, 2.24) is 0 Å². The van der Waals surface area contributed by atoms with Gasteiger partial charge in [0.2, 0.25) is 0 Å². The van der Waals surface area contributed by atoms with Crippen molar-refractivity contribution in [2.24, 2.45) is 0 Å². The first-order valence-electron chi connectivity index (χ1n) is 7.60. The van der Waals surface area contributed by atoms with Crippen LogP contribution in [0.1, 0.15) is 52.9 Å². The highest BCUT2D eigenvalue weighted by atomic mass is 16.6. The van der Waals surface area contributed by atoms with Gasteiger partial charge in [0.05, 0.1) is 44.2 Å². The van der Waals surface area contributed by atoms with E-state index in [-0.39, 0.29) is 12.2 Å². The first-order chi connectivity index (χ1) is 9.08. The van der Waals surface area contributed by atoms with Gasteiger partial charge in [0.1, 0.15) is 0 Å². The Morgan fingerprint density at radius 2 is 1.47 bits per heavy atom. The molecular weight excluding hydrogens is 244 g/mol. The lowest BCUT2D eigenvalue weighted by atomic mass is 9.98. The molecule has 4 heteroatoms. The molecule has 0 heterocycles. The molecule has 1 fully saturated rings. The number of ether oxygens (including phenoxy) is 3. The van der Waals surface area contributed by atoms with Gasteiger partial charge in [0.25, 0.3) is 0 Å². The fourth-order valence-electron chi connectivity index (χ4n) is 2.20. The van der Waals surface area contributed by atoms with Gasteiger partial charge < -0.3 is 19.3 Å². The Morgan fingerprint density at radius 1 is 0.895 bits per heavy atom. The van der Waals surface area contributed by atoms with Crippen LogP contribution in [0, 0.1) is 0 Å². The SMILES string of the molecule is CC(O)COC(C)COC(C)COC1CCCCC1. The summed E-state index contributed by atoms with van der Waals surface area (Å²) in [6.45, 7) is 7.27. The second-order valence-corrected chi connectivity index (χ2v) is 5.73. The van der Waals surface area contributed by atoms with E-state index in [2.05, 4.69) is 0 Å². The molecule has 114 valence electrons. The quantitative estimate of drug-likeness (QED) is 0.702. The van der Waals surface area contributed by atoms with Gasteiger partial charge in [-0.2, -0.15) is 0 Å². The van der Waals surface area contributed by atoms with E-state index in [0.717, 1.165) is 0 Å². The van der Waals surface area contributed by atoms with Gasteiger partial charge in [0, 0.05) is 0 Å². The molecule has 1 aliphatic carbocycles. The maximum absolute atomic E-state index is 9.12. The van der Waals surface area contributed by atoms with Crippen LogP contribution in [0.2, 0.25) is 0 Å². The van der Waals surface area contributed by atoms with Crippen LogP contribution in [0.15, 0.2) is 0 Å². The van der Waals surface area contributed by atoms with E-state index in [9.17, 15) is 0 Å². The Balaban J connectivity index is 2.01. The average Bonchev–Trinajstić information content (AvgIpc) is 2.41. The van der Waals surface area contributed by atoms with Crippen molar-refractivity contribution in [3.63, 3.8) is 0 Å². The maximum atomic E-state index is 9.12. The standard InChI is InChI=1S/C15H30O4/c1-12(16)9-17-13(2)10-18-14(3)11-19-15-7-5-4-6-8-15/h12-16H,4-11H2,1-3H3. The van der Waals surface area contributed by atoms with Crippen LogP contribution < -0.4 is 0 Å². The van der Waals surface area contributed by atoms with Gasteiger partial charge in [0.15, 0.2) is 0 Å². The van der Waals surface area contributed by atoms with Crippen LogP contribution in [0.25, 0.3) is 0 Å². The summed E-state index contributed by atoms with van der Waals surface area (Å²) in [6, 6.07) is 0. The zero-order valence-electron chi connectivity index (χ0n) is 12.6. The van der Waals surface area contributed by atoms with Gasteiger partial charge in [-0.15, -0.1) is 0 Å². The Kier molecular flexibility index (Phi) is 8.62. The Hall–Kier alpha value is -0.160. The van der Waals surface area contributed by atoms with Crippen molar-refractivity contribution in [1.29, 1.82) is 0 Å². The first kappa shape index (κ1) is 16.9. The van der Waals surface area contributed by atoms with E-state index in [1.165, 1.54) is 32.1 Å². The molecule has 0 aromatic heterocycles. The smallest absolute Gasteiger partial charge is 0.0781 e. The van der Waals surface area contributed by atoms with Crippen molar-refractivity contribution in [3.05, 3.63) is 0 Å². The summed E-state index contributed by atoms with van der Waals surface area (Å²) in [5.74, 6) is 0. The van der Waals surface area contributed by atoms with Crippen molar-refractivity contribution >= 4 is 0 Å². The molecule has 1 aliphatic rings. The predicted molar refractivity (Wildman–Crippen MR) is 75.3 cm³/mol. The van der Waals surface area contributed by atoms with E-state index < -0.39 is 6.10 Å². The molecule has 0 saturated heterocycles. The Labute approximate surface area is 117 Å². The maximum Gasteiger partial charge on any atom is 0.0781 e. The lowest BCUT2D eigenvalue weighted by Gasteiger charge is -2.24. The molecule has 0 aliphatic heterocycles. The molecule has 19 heavy (non-hydrogen) atoms. The monoisotopic (exact) mass is 274 g/mol. The highest BCUT2D eigenvalue weighted by Gasteiger charge is 2.15. The second kappa shape index (κ2) is 9.70. The van der Waals surface area contributed by atoms with Crippen molar-refractivity contribution < 1.29 is 19.3 Å². The van der Waals surface area contributed by atoms with Crippen LogP contribution in [0.5, 0.6) is 0 Å². The lowest BCUT2D eigenvalue weighted by Crippen LogP contribution is -2.27. The summed E-state index contributed by atoms with van der Waals surface area (Å²) >= 11 is 0. The molecular formula is C15H30O4. The summed E-state index contributed by atoms with van der Waals surface area (Å²) in [6.07, 6.45) is 6.45. The van der Waals surface area contributed by atoms with Crippen LogP contribution in [0.4, 0.5) is 0 Å². The fourth-order valence-corrected chi connectivity index (χ4v) is 2.20. The molecule has 0 spiro atoms. The van der Waals surface area contributed by atoms with Crippen LogP contribution >= 0.6 is 0 Å². The van der Waals surface area contributed by atoms with E-state index in [1.54, 1.807) is 6.92 Å². The highest BCUT2D eigenvalue weighted by molar-refractivity contribution is 4.66. The number of hydrogen-bond donors (Lipinski definition) is 1.